The predicted molar refractivity (Wildman–Crippen MR) is 59.8 cm³/mol. The maximum absolute atomic E-state index is 9.80. The van der Waals surface area contributed by atoms with E-state index in [9.17, 15) is 5.11 Å². The minimum absolute atomic E-state index is 0.00389. The molecule has 0 aromatic carbocycles. The third kappa shape index (κ3) is 4.49. The van der Waals surface area contributed by atoms with Crippen LogP contribution in [-0.2, 0) is 9.47 Å². The summed E-state index contributed by atoms with van der Waals surface area (Å²) in [6.07, 6.45) is 2.75. The molecule has 0 radical (unpaired) electrons. The second-order valence-electron chi connectivity index (χ2n) is 4.63. The van der Waals surface area contributed by atoms with Gasteiger partial charge in [-0.1, -0.05) is 6.92 Å². The molecule has 0 spiro atoms. The van der Waals surface area contributed by atoms with Crippen LogP contribution in [0.15, 0.2) is 0 Å². The highest BCUT2D eigenvalue weighted by Gasteiger charge is 2.28. The molecule has 1 saturated carbocycles. The molecule has 1 fully saturated rings. The average molecular weight is 216 g/mol. The van der Waals surface area contributed by atoms with Crippen molar-refractivity contribution in [3.63, 3.8) is 0 Å². The van der Waals surface area contributed by atoms with E-state index < -0.39 is 0 Å². The summed E-state index contributed by atoms with van der Waals surface area (Å²) in [6, 6.07) is 0. The molecule has 4 atom stereocenters. The third-order valence-corrected chi connectivity index (χ3v) is 2.98. The van der Waals surface area contributed by atoms with Gasteiger partial charge in [0.05, 0.1) is 24.9 Å². The zero-order valence-electron chi connectivity index (χ0n) is 10.1. The average Bonchev–Trinajstić information content (AvgIpc) is 2.20. The predicted octanol–water partition coefficient (Wildman–Crippen LogP) is 1.98. The summed E-state index contributed by atoms with van der Waals surface area (Å²) in [5.74, 6) is 0.665. The molecule has 0 saturated heterocycles. The maximum atomic E-state index is 9.80. The van der Waals surface area contributed by atoms with Gasteiger partial charge in [-0.25, -0.2) is 0 Å². The SMILES string of the molecule is CCOCC(C)OC1CC(C)CCC1O. The van der Waals surface area contributed by atoms with Crippen LogP contribution in [0, 0.1) is 5.92 Å². The molecule has 0 bridgehead atoms. The van der Waals surface area contributed by atoms with Crippen molar-refractivity contribution in [3.05, 3.63) is 0 Å². The van der Waals surface area contributed by atoms with Gasteiger partial charge in [0.15, 0.2) is 0 Å². The molecular weight excluding hydrogens is 192 g/mol. The van der Waals surface area contributed by atoms with E-state index in [4.69, 9.17) is 9.47 Å². The van der Waals surface area contributed by atoms with E-state index in [1.165, 1.54) is 0 Å². The van der Waals surface area contributed by atoms with Crippen LogP contribution in [-0.4, -0.2) is 36.6 Å². The molecule has 15 heavy (non-hydrogen) atoms. The first-order valence-corrected chi connectivity index (χ1v) is 6.04. The van der Waals surface area contributed by atoms with Crippen LogP contribution in [0.3, 0.4) is 0 Å². The number of rotatable bonds is 5. The lowest BCUT2D eigenvalue weighted by Gasteiger charge is -2.33. The van der Waals surface area contributed by atoms with Crippen molar-refractivity contribution < 1.29 is 14.6 Å². The van der Waals surface area contributed by atoms with Crippen molar-refractivity contribution >= 4 is 0 Å². The number of ether oxygens (including phenoxy) is 2. The van der Waals surface area contributed by atoms with E-state index in [0.717, 1.165) is 25.9 Å². The van der Waals surface area contributed by atoms with Crippen molar-refractivity contribution in [2.24, 2.45) is 5.92 Å². The molecule has 1 aliphatic rings. The van der Waals surface area contributed by atoms with E-state index in [1.54, 1.807) is 0 Å². The van der Waals surface area contributed by atoms with Gasteiger partial charge in [-0.3, -0.25) is 0 Å². The Morgan fingerprint density at radius 2 is 2.13 bits per heavy atom. The van der Waals surface area contributed by atoms with Gasteiger partial charge in [0, 0.05) is 6.61 Å². The van der Waals surface area contributed by atoms with E-state index in [2.05, 4.69) is 6.92 Å². The molecule has 3 heteroatoms. The summed E-state index contributed by atoms with van der Waals surface area (Å²) in [5, 5.41) is 9.80. The van der Waals surface area contributed by atoms with Gasteiger partial charge in [0.2, 0.25) is 0 Å². The summed E-state index contributed by atoms with van der Waals surface area (Å²) >= 11 is 0. The van der Waals surface area contributed by atoms with Crippen LogP contribution < -0.4 is 0 Å². The molecule has 1 N–H and O–H groups in total. The lowest BCUT2D eigenvalue weighted by atomic mass is 9.86. The Kier molecular flexibility index (Phi) is 5.58. The van der Waals surface area contributed by atoms with Crippen LogP contribution >= 0.6 is 0 Å². The molecule has 0 aromatic rings. The lowest BCUT2D eigenvalue weighted by Crippen LogP contribution is -2.38. The van der Waals surface area contributed by atoms with E-state index in [1.807, 2.05) is 13.8 Å². The fraction of sp³-hybridized carbons (Fsp3) is 1.00. The molecule has 0 amide bonds. The Morgan fingerprint density at radius 1 is 1.40 bits per heavy atom. The largest absolute Gasteiger partial charge is 0.390 e. The second-order valence-corrected chi connectivity index (χ2v) is 4.63. The monoisotopic (exact) mass is 216 g/mol. The fourth-order valence-corrected chi connectivity index (χ4v) is 2.08. The number of hydrogen-bond donors (Lipinski definition) is 1. The first-order valence-electron chi connectivity index (χ1n) is 6.04. The molecule has 0 aromatic heterocycles. The topological polar surface area (TPSA) is 38.7 Å². The standard InChI is InChI=1S/C12H24O3/c1-4-14-8-10(3)15-12-7-9(2)5-6-11(12)13/h9-13H,4-8H2,1-3H3. The van der Waals surface area contributed by atoms with Gasteiger partial charge in [-0.15, -0.1) is 0 Å². The first kappa shape index (κ1) is 12.9. The van der Waals surface area contributed by atoms with Crippen LogP contribution in [0.25, 0.3) is 0 Å². The first-order chi connectivity index (χ1) is 7.13. The zero-order valence-corrected chi connectivity index (χ0v) is 10.1. The van der Waals surface area contributed by atoms with Crippen molar-refractivity contribution in [1.82, 2.24) is 0 Å². The molecule has 1 rings (SSSR count). The van der Waals surface area contributed by atoms with Crippen LogP contribution in [0.1, 0.15) is 40.0 Å². The van der Waals surface area contributed by atoms with E-state index >= 15 is 0 Å². The minimum atomic E-state index is -0.287. The number of hydrogen-bond acceptors (Lipinski definition) is 3. The second kappa shape index (κ2) is 6.46. The van der Waals surface area contributed by atoms with Crippen LogP contribution in [0.2, 0.25) is 0 Å². The molecular formula is C12H24O3. The normalized spacial score (nSPS) is 34.0. The van der Waals surface area contributed by atoms with E-state index in [0.29, 0.717) is 12.5 Å². The Bertz CT molecular complexity index is 172. The molecule has 90 valence electrons. The summed E-state index contributed by atoms with van der Waals surface area (Å²) < 4.78 is 11.1. The number of aliphatic hydroxyl groups excluding tert-OH is 1. The summed E-state index contributed by atoms with van der Waals surface area (Å²) in [7, 11) is 0. The maximum Gasteiger partial charge on any atom is 0.0841 e. The molecule has 0 aliphatic heterocycles. The molecule has 0 heterocycles. The number of aliphatic hydroxyl groups is 1. The van der Waals surface area contributed by atoms with Crippen LogP contribution in [0.4, 0.5) is 0 Å². The van der Waals surface area contributed by atoms with Crippen molar-refractivity contribution in [2.75, 3.05) is 13.2 Å². The van der Waals surface area contributed by atoms with Gasteiger partial charge < -0.3 is 14.6 Å². The summed E-state index contributed by atoms with van der Waals surface area (Å²) in [6.45, 7) is 7.53. The van der Waals surface area contributed by atoms with Gasteiger partial charge in [-0.2, -0.15) is 0 Å². The van der Waals surface area contributed by atoms with Gasteiger partial charge in [0.1, 0.15) is 0 Å². The summed E-state index contributed by atoms with van der Waals surface area (Å²) in [5.41, 5.74) is 0. The smallest absolute Gasteiger partial charge is 0.0841 e. The van der Waals surface area contributed by atoms with Crippen molar-refractivity contribution in [1.29, 1.82) is 0 Å². The van der Waals surface area contributed by atoms with Gasteiger partial charge in [-0.05, 0) is 39.0 Å². The highest BCUT2D eigenvalue weighted by molar-refractivity contribution is 4.79. The third-order valence-electron chi connectivity index (χ3n) is 2.98. The highest BCUT2D eigenvalue weighted by atomic mass is 16.5. The zero-order chi connectivity index (χ0) is 11.3. The Balaban J connectivity index is 2.28. The van der Waals surface area contributed by atoms with Crippen LogP contribution in [0.5, 0.6) is 0 Å². The molecule has 3 nitrogen and oxygen atoms in total. The van der Waals surface area contributed by atoms with Crippen molar-refractivity contribution in [3.8, 4) is 0 Å². The van der Waals surface area contributed by atoms with E-state index in [-0.39, 0.29) is 18.3 Å². The molecule has 4 unspecified atom stereocenters. The van der Waals surface area contributed by atoms with Crippen molar-refractivity contribution in [2.45, 2.75) is 58.3 Å². The Hall–Kier alpha value is -0.120. The quantitative estimate of drug-likeness (QED) is 0.763. The van der Waals surface area contributed by atoms with Gasteiger partial charge >= 0.3 is 0 Å². The minimum Gasteiger partial charge on any atom is -0.390 e. The van der Waals surface area contributed by atoms with Gasteiger partial charge in [0.25, 0.3) is 0 Å². The highest BCUT2D eigenvalue weighted by Crippen LogP contribution is 2.26. The molecule has 1 aliphatic carbocycles. The Labute approximate surface area is 92.8 Å². The Morgan fingerprint density at radius 3 is 2.80 bits per heavy atom. The summed E-state index contributed by atoms with van der Waals surface area (Å²) in [4.78, 5) is 0. The fourth-order valence-electron chi connectivity index (χ4n) is 2.08. The lowest BCUT2D eigenvalue weighted by molar-refractivity contribution is -0.115.